The van der Waals surface area contributed by atoms with E-state index in [1.54, 1.807) is 36.5 Å². The van der Waals surface area contributed by atoms with E-state index in [4.69, 9.17) is 0 Å². The van der Waals surface area contributed by atoms with Gasteiger partial charge in [0.05, 0.1) is 6.04 Å². The van der Waals surface area contributed by atoms with E-state index in [0.29, 0.717) is 5.56 Å². The molecule has 2 aliphatic rings. The fourth-order valence-corrected chi connectivity index (χ4v) is 4.65. The van der Waals surface area contributed by atoms with E-state index in [-0.39, 0.29) is 43.3 Å². The normalized spacial score (nSPS) is 17.2. The Labute approximate surface area is 221 Å². The van der Waals surface area contributed by atoms with Crippen LogP contribution >= 0.6 is 0 Å². The molecule has 4 rings (SSSR count). The van der Waals surface area contributed by atoms with Crippen LogP contribution in [0.1, 0.15) is 41.6 Å². The van der Waals surface area contributed by atoms with Gasteiger partial charge < -0.3 is 21.1 Å². The molecule has 0 aromatic heterocycles. The van der Waals surface area contributed by atoms with Crippen LogP contribution in [0.5, 0.6) is 0 Å². The Morgan fingerprint density at radius 2 is 1.61 bits per heavy atom. The number of carboxylic acids is 1. The molecule has 0 fully saturated rings. The second-order valence-electron chi connectivity index (χ2n) is 9.41. The van der Waals surface area contributed by atoms with E-state index >= 15 is 0 Å². The van der Waals surface area contributed by atoms with Crippen LogP contribution in [0.3, 0.4) is 0 Å². The Kier molecular flexibility index (Phi) is 8.87. The summed E-state index contributed by atoms with van der Waals surface area (Å²) >= 11 is 0. The van der Waals surface area contributed by atoms with Crippen LogP contribution in [0.4, 0.5) is 0 Å². The van der Waals surface area contributed by atoms with Crippen LogP contribution in [-0.4, -0.2) is 40.8 Å². The van der Waals surface area contributed by atoms with Gasteiger partial charge in [0.2, 0.25) is 5.91 Å². The van der Waals surface area contributed by atoms with Gasteiger partial charge in [-0.2, -0.15) is 0 Å². The summed E-state index contributed by atoms with van der Waals surface area (Å²) in [6.45, 7) is 0. The summed E-state index contributed by atoms with van der Waals surface area (Å²) in [5, 5.41) is 18.2. The number of aliphatic carboxylic acids is 1. The summed E-state index contributed by atoms with van der Waals surface area (Å²) in [6.07, 6.45) is 8.66. The van der Waals surface area contributed by atoms with Crippen molar-refractivity contribution in [3.63, 3.8) is 0 Å². The summed E-state index contributed by atoms with van der Waals surface area (Å²) in [7, 11) is 0. The highest BCUT2D eigenvalue weighted by molar-refractivity contribution is 5.98. The van der Waals surface area contributed by atoms with Gasteiger partial charge in [0, 0.05) is 42.6 Å². The number of rotatable bonds is 12. The molecular formula is C30H31N3O5. The van der Waals surface area contributed by atoms with Crippen LogP contribution in [0, 0.1) is 5.92 Å². The first kappa shape index (κ1) is 26.6. The minimum absolute atomic E-state index is 0.0901. The SMILES string of the molecule is O=C(CCC(=O)[C@H](Cc1ccccc1)NC(=O)c1ccccc1)N[C@@H](CC1=CNC2=CC=CCC12)C(=O)O. The van der Waals surface area contributed by atoms with Crippen molar-refractivity contribution in [3.05, 3.63) is 107 Å². The van der Waals surface area contributed by atoms with E-state index in [0.717, 1.165) is 23.3 Å². The molecule has 8 heteroatoms. The highest BCUT2D eigenvalue weighted by Gasteiger charge is 2.30. The van der Waals surface area contributed by atoms with Gasteiger partial charge in [-0.15, -0.1) is 0 Å². The van der Waals surface area contributed by atoms with E-state index < -0.39 is 24.0 Å². The van der Waals surface area contributed by atoms with E-state index in [1.165, 1.54) is 0 Å². The number of ketones is 1. The smallest absolute Gasteiger partial charge is 0.326 e. The number of allylic oxidation sites excluding steroid dienone is 4. The van der Waals surface area contributed by atoms with Crippen molar-refractivity contribution < 1.29 is 24.3 Å². The monoisotopic (exact) mass is 513 g/mol. The maximum absolute atomic E-state index is 13.1. The predicted octanol–water partition coefficient (Wildman–Crippen LogP) is 3.28. The zero-order chi connectivity index (χ0) is 26.9. The molecule has 2 aromatic carbocycles. The van der Waals surface area contributed by atoms with Crippen LogP contribution in [0.2, 0.25) is 0 Å². The van der Waals surface area contributed by atoms with Crippen LogP contribution < -0.4 is 16.0 Å². The topological polar surface area (TPSA) is 125 Å². The van der Waals surface area contributed by atoms with E-state index in [9.17, 15) is 24.3 Å². The summed E-state index contributed by atoms with van der Waals surface area (Å²) in [6, 6.07) is 16.0. The number of benzene rings is 2. The maximum atomic E-state index is 13.1. The highest BCUT2D eigenvalue weighted by atomic mass is 16.4. The summed E-state index contributed by atoms with van der Waals surface area (Å²) in [4.78, 5) is 50.4. The molecule has 196 valence electrons. The van der Waals surface area contributed by atoms with Crippen molar-refractivity contribution in [2.45, 2.75) is 44.2 Å². The van der Waals surface area contributed by atoms with Gasteiger partial charge in [-0.1, -0.05) is 60.7 Å². The van der Waals surface area contributed by atoms with E-state index in [1.807, 2.05) is 48.6 Å². The molecule has 2 amide bonds. The number of Topliss-reactive ketones (excluding diaryl/α,β-unsaturated/α-hetero) is 1. The molecule has 0 spiro atoms. The van der Waals surface area contributed by atoms with Crippen LogP contribution in [-0.2, 0) is 20.8 Å². The minimum atomic E-state index is -1.13. The third kappa shape index (κ3) is 7.06. The summed E-state index contributed by atoms with van der Waals surface area (Å²) in [5.74, 6) is -2.24. The van der Waals surface area contributed by atoms with Gasteiger partial charge in [0.1, 0.15) is 6.04 Å². The number of amides is 2. The van der Waals surface area contributed by atoms with Crippen molar-refractivity contribution in [3.8, 4) is 0 Å². The largest absolute Gasteiger partial charge is 0.480 e. The molecule has 4 N–H and O–H groups in total. The third-order valence-electron chi connectivity index (χ3n) is 6.72. The Hall–Kier alpha value is -4.46. The van der Waals surface area contributed by atoms with Crippen LogP contribution in [0.15, 0.2) is 96.4 Å². The predicted molar refractivity (Wildman–Crippen MR) is 143 cm³/mol. The fraction of sp³-hybridized carbons (Fsp3) is 0.267. The molecule has 1 aliphatic heterocycles. The van der Waals surface area contributed by atoms with Crippen molar-refractivity contribution >= 4 is 23.6 Å². The van der Waals surface area contributed by atoms with Crippen molar-refractivity contribution in [2.24, 2.45) is 5.92 Å². The number of nitrogens with one attached hydrogen (secondary N) is 3. The van der Waals surface area contributed by atoms with Crippen LogP contribution in [0.25, 0.3) is 0 Å². The van der Waals surface area contributed by atoms with Crippen molar-refractivity contribution in [1.82, 2.24) is 16.0 Å². The molecular weight excluding hydrogens is 482 g/mol. The average Bonchev–Trinajstić information content (AvgIpc) is 3.34. The minimum Gasteiger partial charge on any atom is -0.480 e. The lowest BCUT2D eigenvalue weighted by atomic mass is 9.88. The summed E-state index contributed by atoms with van der Waals surface area (Å²) < 4.78 is 0. The summed E-state index contributed by atoms with van der Waals surface area (Å²) in [5.41, 5.74) is 3.24. The van der Waals surface area contributed by atoms with Gasteiger partial charge in [-0.05, 0) is 42.2 Å². The van der Waals surface area contributed by atoms with Gasteiger partial charge in [0.25, 0.3) is 5.91 Å². The Bertz CT molecular complexity index is 1270. The van der Waals surface area contributed by atoms with Crippen molar-refractivity contribution in [2.75, 3.05) is 0 Å². The van der Waals surface area contributed by atoms with E-state index in [2.05, 4.69) is 16.0 Å². The van der Waals surface area contributed by atoms with Crippen molar-refractivity contribution in [1.29, 1.82) is 0 Å². The molecule has 1 unspecified atom stereocenters. The molecule has 1 aliphatic carbocycles. The fourth-order valence-electron chi connectivity index (χ4n) is 4.65. The second-order valence-corrected chi connectivity index (χ2v) is 9.41. The molecule has 38 heavy (non-hydrogen) atoms. The Morgan fingerprint density at radius 3 is 2.32 bits per heavy atom. The first-order chi connectivity index (χ1) is 18.4. The first-order valence-corrected chi connectivity index (χ1v) is 12.7. The number of hydrogen-bond donors (Lipinski definition) is 4. The zero-order valence-corrected chi connectivity index (χ0v) is 20.9. The Balaban J connectivity index is 1.35. The van der Waals surface area contributed by atoms with Gasteiger partial charge in [-0.25, -0.2) is 4.79 Å². The molecule has 8 nitrogen and oxygen atoms in total. The number of carbonyl (C=O) groups excluding carboxylic acids is 3. The molecule has 2 aromatic rings. The molecule has 3 atom stereocenters. The van der Waals surface area contributed by atoms with Gasteiger partial charge in [0.15, 0.2) is 5.78 Å². The first-order valence-electron chi connectivity index (χ1n) is 12.7. The number of carboxylic acid groups (broad SMARTS) is 1. The maximum Gasteiger partial charge on any atom is 0.326 e. The van der Waals surface area contributed by atoms with Gasteiger partial charge in [-0.3, -0.25) is 14.4 Å². The second kappa shape index (κ2) is 12.7. The third-order valence-corrected chi connectivity index (χ3v) is 6.72. The number of fused-ring (bicyclic) bond motifs is 1. The average molecular weight is 514 g/mol. The lowest BCUT2D eigenvalue weighted by Gasteiger charge is -2.21. The quantitative estimate of drug-likeness (QED) is 0.345. The standard InChI is InChI=1S/C30H31N3O5/c34-27(25(17-20-9-3-1-4-10-20)33-29(36)21-11-5-2-6-12-21)15-16-28(35)32-26(30(37)38)18-22-19-31-24-14-8-7-13-23(22)24/h1-12,14,19,23,25-26,31H,13,15-18H2,(H,32,35)(H,33,36)(H,37,38)/t23?,25-,26-/m0/s1. The lowest BCUT2D eigenvalue weighted by Crippen LogP contribution is -2.44. The van der Waals surface area contributed by atoms with Gasteiger partial charge >= 0.3 is 5.97 Å². The highest BCUT2D eigenvalue weighted by Crippen LogP contribution is 2.33. The lowest BCUT2D eigenvalue weighted by molar-refractivity contribution is -0.141. The molecule has 0 saturated heterocycles. The Morgan fingerprint density at radius 1 is 0.895 bits per heavy atom. The molecule has 1 heterocycles. The zero-order valence-electron chi connectivity index (χ0n) is 20.9. The number of carbonyl (C=O) groups is 4. The number of hydrogen-bond acceptors (Lipinski definition) is 5. The molecule has 0 saturated carbocycles. The molecule has 0 radical (unpaired) electrons. The molecule has 0 bridgehead atoms.